The second-order valence-electron chi connectivity index (χ2n) is 3.96. The highest BCUT2D eigenvalue weighted by Gasteiger charge is 1.87. The molecule has 0 aliphatic carbocycles. The van der Waals surface area contributed by atoms with E-state index in [0.717, 1.165) is 12.2 Å². The topological polar surface area (TPSA) is 12.0 Å². The average molecular weight is 251 g/mol. The maximum atomic E-state index is 3.74. The lowest BCUT2D eigenvalue weighted by atomic mass is 10.2. The molecule has 0 saturated heterocycles. The Balaban J connectivity index is 2.83. The van der Waals surface area contributed by atoms with Gasteiger partial charge in [-0.25, -0.2) is 0 Å². The first-order chi connectivity index (χ1) is 9.31. The summed E-state index contributed by atoms with van der Waals surface area (Å²) in [5.41, 5.74) is 1.08. The molecular formula is C18H21N. The highest BCUT2D eigenvalue weighted by molar-refractivity contribution is 5.39. The van der Waals surface area contributed by atoms with Crippen LogP contribution in [0, 0.1) is 0 Å². The van der Waals surface area contributed by atoms with Gasteiger partial charge in [-0.1, -0.05) is 73.9 Å². The first-order valence-electron chi connectivity index (χ1n) is 6.39. The molecule has 98 valence electrons. The molecule has 0 amide bonds. The summed E-state index contributed by atoms with van der Waals surface area (Å²) < 4.78 is 0. The van der Waals surface area contributed by atoms with E-state index < -0.39 is 0 Å². The Morgan fingerprint density at radius 3 is 2.53 bits per heavy atom. The van der Waals surface area contributed by atoms with E-state index in [1.54, 1.807) is 6.08 Å². The summed E-state index contributed by atoms with van der Waals surface area (Å²) in [4.78, 5) is 0. The zero-order valence-electron chi connectivity index (χ0n) is 11.5. The smallest absolute Gasteiger partial charge is 0.0339 e. The van der Waals surface area contributed by atoms with E-state index in [1.807, 2.05) is 49.4 Å². The van der Waals surface area contributed by atoms with Crippen LogP contribution in [-0.2, 0) is 0 Å². The molecule has 1 nitrogen and oxygen atoms in total. The first-order valence-corrected chi connectivity index (χ1v) is 6.39. The summed E-state index contributed by atoms with van der Waals surface area (Å²) in [7, 11) is 0. The third-order valence-corrected chi connectivity index (χ3v) is 2.64. The molecular weight excluding hydrogens is 230 g/mol. The number of benzene rings is 1. The van der Waals surface area contributed by atoms with Crippen molar-refractivity contribution in [2.45, 2.75) is 6.92 Å². The van der Waals surface area contributed by atoms with Crippen molar-refractivity contribution in [3.8, 4) is 0 Å². The Bertz CT molecular complexity index is 588. The van der Waals surface area contributed by atoms with Crippen molar-refractivity contribution in [2.75, 3.05) is 6.54 Å². The maximum Gasteiger partial charge on any atom is 0.0339 e. The third-order valence-electron chi connectivity index (χ3n) is 2.64. The molecule has 19 heavy (non-hydrogen) atoms. The molecule has 1 aromatic carbocycles. The second-order valence-corrected chi connectivity index (χ2v) is 3.96. The van der Waals surface area contributed by atoms with Gasteiger partial charge in [0.25, 0.3) is 0 Å². The highest BCUT2D eigenvalue weighted by Crippen LogP contribution is 1.91. The number of allylic oxidation sites excluding steroid dienone is 5. The van der Waals surface area contributed by atoms with Gasteiger partial charge in [-0.15, -0.1) is 0 Å². The van der Waals surface area contributed by atoms with Crippen LogP contribution in [-0.4, -0.2) is 6.54 Å². The molecule has 0 heterocycles. The van der Waals surface area contributed by atoms with Gasteiger partial charge in [0.05, 0.1) is 0 Å². The lowest BCUT2D eigenvalue weighted by Crippen LogP contribution is -2.25. The minimum Gasteiger partial charge on any atom is -0.382 e. The van der Waals surface area contributed by atoms with Crippen molar-refractivity contribution in [3.05, 3.63) is 83.9 Å². The summed E-state index contributed by atoms with van der Waals surface area (Å²) in [6, 6.07) is 8.26. The van der Waals surface area contributed by atoms with Crippen LogP contribution in [0.15, 0.2) is 73.5 Å². The van der Waals surface area contributed by atoms with Crippen LogP contribution in [0.4, 0.5) is 0 Å². The Hall–Kier alpha value is -2.28. The lowest BCUT2D eigenvalue weighted by molar-refractivity contribution is 0.956. The van der Waals surface area contributed by atoms with Crippen molar-refractivity contribution < 1.29 is 0 Å². The number of hydrogen-bond acceptors (Lipinski definition) is 1. The minimum atomic E-state index is 0.781. The van der Waals surface area contributed by atoms with Crippen molar-refractivity contribution >= 4 is 12.2 Å². The molecule has 0 aromatic heterocycles. The average Bonchev–Trinajstić information content (AvgIpc) is 2.44. The Morgan fingerprint density at radius 1 is 1.16 bits per heavy atom. The molecule has 0 atom stereocenters. The van der Waals surface area contributed by atoms with E-state index in [0.29, 0.717) is 0 Å². The fourth-order valence-electron chi connectivity index (χ4n) is 1.68. The van der Waals surface area contributed by atoms with Crippen molar-refractivity contribution in [2.24, 2.45) is 0 Å². The van der Waals surface area contributed by atoms with Gasteiger partial charge < -0.3 is 5.32 Å². The Morgan fingerprint density at radius 2 is 1.89 bits per heavy atom. The van der Waals surface area contributed by atoms with Crippen LogP contribution < -0.4 is 15.8 Å². The summed E-state index contributed by atoms with van der Waals surface area (Å²) in [5.74, 6) is 0. The van der Waals surface area contributed by atoms with Crippen LogP contribution in [0.2, 0.25) is 0 Å². The molecule has 1 N–H and O–H groups in total. The van der Waals surface area contributed by atoms with Crippen LogP contribution >= 0.6 is 0 Å². The molecule has 0 bridgehead atoms. The van der Waals surface area contributed by atoms with Crippen molar-refractivity contribution in [3.63, 3.8) is 0 Å². The molecule has 0 radical (unpaired) electrons. The van der Waals surface area contributed by atoms with Crippen LogP contribution in [0.5, 0.6) is 0 Å². The molecule has 1 rings (SSSR count). The molecule has 0 fully saturated rings. The predicted octanol–water partition coefficient (Wildman–Crippen LogP) is 2.67. The molecule has 0 aliphatic rings. The van der Waals surface area contributed by atoms with Gasteiger partial charge in [-0.2, -0.15) is 0 Å². The fourth-order valence-corrected chi connectivity index (χ4v) is 1.68. The molecule has 1 heteroatoms. The van der Waals surface area contributed by atoms with Crippen molar-refractivity contribution in [1.29, 1.82) is 0 Å². The summed E-state index contributed by atoms with van der Waals surface area (Å²) in [6.45, 7) is 10.2. The Labute approximate surface area is 115 Å². The number of nitrogens with one attached hydrogen (secondary N) is 1. The number of hydrogen-bond donors (Lipinski definition) is 1. The van der Waals surface area contributed by atoms with E-state index in [-0.39, 0.29) is 0 Å². The summed E-state index contributed by atoms with van der Waals surface area (Å²) in [5, 5.41) is 5.74. The standard InChI is InChI=1S/C18H21N/c1-4-7-13-18(6-3)19-15-14-17-12-9-8-11-16(17)10-5-2/h4-14,19H,1-2,15H2,3H3/b13-7-,16-10-,17-14-,18-6+. The largest absolute Gasteiger partial charge is 0.382 e. The zero-order valence-corrected chi connectivity index (χ0v) is 11.5. The molecule has 0 aliphatic heterocycles. The van der Waals surface area contributed by atoms with Gasteiger partial charge in [0.15, 0.2) is 0 Å². The molecule has 0 saturated carbocycles. The van der Waals surface area contributed by atoms with Gasteiger partial charge in [0, 0.05) is 12.2 Å². The van der Waals surface area contributed by atoms with E-state index in [1.165, 1.54) is 10.4 Å². The second kappa shape index (κ2) is 8.76. The van der Waals surface area contributed by atoms with Crippen LogP contribution in [0.3, 0.4) is 0 Å². The van der Waals surface area contributed by atoms with Crippen LogP contribution in [0.1, 0.15) is 6.92 Å². The van der Waals surface area contributed by atoms with Gasteiger partial charge in [0.2, 0.25) is 0 Å². The van der Waals surface area contributed by atoms with Crippen molar-refractivity contribution in [1.82, 2.24) is 5.32 Å². The van der Waals surface area contributed by atoms with E-state index in [9.17, 15) is 0 Å². The quantitative estimate of drug-likeness (QED) is 0.767. The first kappa shape index (κ1) is 14.8. The van der Waals surface area contributed by atoms with Gasteiger partial charge in [-0.05, 0) is 23.4 Å². The molecule has 0 spiro atoms. The molecule has 1 aromatic rings. The number of rotatable bonds is 6. The third kappa shape index (κ3) is 5.26. The SMILES string of the molecule is C=C/C=C\C(=C/C)NC/C=c1/cccc/c1=C/C=C. The van der Waals surface area contributed by atoms with Gasteiger partial charge in [0.1, 0.15) is 0 Å². The van der Waals surface area contributed by atoms with E-state index in [4.69, 9.17) is 0 Å². The van der Waals surface area contributed by atoms with E-state index >= 15 is 0 Å². The highest BCUT2D eigenvalue weighted by atomic mass is 14.9. The van der Waals surface area contributed by atoms with Gasteiger partial charge in [-0.3, -0.25) is 0 Å². The summed E-state index contributed by atoms with van der Waals surface area (Å²) in [6.07, 6.45) is 13.7. The Kier molecular flexibility index (Phi) is 6.81. The van der Waals surface area contributed by atoms with Crippen LogP contribution in [0.25, 0.3) is 12.2 Å². The minimum absolute atomic E-state index is 0.781. The predicted molar refractivity (Wildman–Crippen MR) is 85.9 cm³/mol. The molecule has 0 unspecified atom stereocenters. The van der Waals surface area contributed by atoms with E-state index in [2.05, 4.69) is 36.7 Å². The zero-order chi connectivity index (χ0) is 13.9. The maximum absolute atomic E-state index is 3.74. The fraction of sp³-hybridized carbons (Fsp3) is 0.111. The summed E-state index contributed by atoms with van der Waals surface area (Å²) >= 11 is 0. The monoisotopic (exact) mass is 251 g/mol. The van der Waals surface area contributed by atoms with Gasteiger partial charge >= 0.3 is 0 Å². The lowest BCUT2D eigenvalue weighted by Gasteiger charge is -2.02. The normalized spacial score (nSPS) is 13.8.